The molecule has 0 aliphatic carbocycles. The molecule has 0 unspecified atom stereocenters. The molecule has 6 aromatic carbocycles. The Morgan fingerprint density at radius 1 is 0.425 bits per heavy atom. The maximum Gasteiger partial charge on any atom is 0.263 e. The normalized spacial score (nSPS) is 12.1. The Morgan fingerprint density at radius 3 is 1.75 bits per heavy atom. The fourth-order valence-electron chi connectivity index (χ4n) is 6.78. The highest BCUT2D eigenvalue weighted by Gasteiger charge is 2.19. The van der Waals surface area contributed by atoms with Gasteiger partial charge in [-0.25, -0.2) is 0 Å². The fourth-order valence-corrected chi connectivity index (χ4v) is 6.78. The van der Waals surface area contributed by atoms with Crippen LogP contribution in [-0.2, 0) is 0 Å². The maximum absolute atomic E-state index is 13.7. The zero-order chi connectivity index (χ0) is 26.4. The van der Waals surface area contributed by atoms with Gasteiger partial charge >= 0.3 is 0 Å². The summed E-state index contributed by atoms with van der Waals surface area (Å²) in [6.07, 6.45) is 0. The van der Waals surface area contributed by atoms with E-state index < -0.39 is 0 Å². The third-order valence-corrected chi connectivity index (χ3v) is 8.47. The van der Waals surface area contributed by atoms with E-state index in [2.05, 4.69) is 120 Å². The molecule has 186 valence electrons. The minimum atomic E-state index is 0.0349. The summed E-state index contributed by atoms with van der Waals surface area (Å²) in [5.41, 5.74) is 7.76. The number of aromatic nitrogens is 2. The Balaban J connectivity index is 1.37. The fraction of sp³-hybridized carbons (Fsp3) is 0. The first-order chi connectivity index (χ1) is 19.8. The molecule has 0 N–H and O–H groups in total. The van der Waals surface area contributed by atoms with E-state index in [4.69, 9.17) is 0 Å². The highest BCUT2D eigenvalue weighted by atomic mass is 16.1. The van der Waals surface area contributed by atoms with Crippen LogP contribution in [0.3, 0.4) is 0 Å². The number of rotatable bonds is 2. The molecule has 3 heterocycles. The average molecular weight is 511 g/mol. The van der Waals surface area contributed by atoms with E-state index in [1.807, 2.05) is 22.6 Å². The summed E-state index contributed by atoms with van der Waals surface area (Å²) in [6.45, 7) is 0. The van der Waals surface area contributed by atoms with E-state index in [0.717, 1.165) is 54.8 Å². The Bertz CT molecular complexity index is 2460. The molecule has 0 amide bonds. The SMILES string of the molecule is O=c1c2ccccc2c2cccc3c4cc(-c5ccccc5-n5c6ccccc6c6ccccc65)ccc4n1c23. The van der Waals surface area contributed by atoms with Crippen molar-refractivity contribution in [3.05, 3.63) is 144 Å². The van der Waals surface area contributed by atoms with Crippen molar-refractivity contribution < 1.29 is 0 Å². The molecule has 0 aliphatic rings. The van der Waals surface area contributed by atoms with Crippen LogP contribution in [-0.4, -0.2) is 8.97 Å². The Labute approximate surface area is 229 Å². The number of benzene rings is 6. The van der Waals surface area contributed by atoms with Gasteiger partial charge < -0.3 is 4.57 Å². The van der Waals surface area contributed by atoms with Crippen LogP contribution >= 0.6 is 0 Å². The maximum atomic E-state index is 13.7. The lowest BCUT2D eigenvalue weighted by Gasteiger charge is -2.14. The summed E-state index contributed by atoms with van der Waals surface area (Å²) < 4.78 is 4.28. The monoisotopic (exact) mass is 510 g/mol. The van der Waals surface area contributed by atoms with Gasteiger partial charge in [-0.15, -0.1) is 0 Å². The highest BCUT2D eigenvalue weighted by molar-refractivity contribution is 6.20. The van der Waals surface area contributed by atoms with Crippen LogP contribution in [0.1, 0.15) is 0 Å². The average Bonchev–Trinajstić information content (AvgIpc) is 3.53. The molecule has 3 heteroatoms. The lowest BCUT2D eigenvalue weighted by molar-refractivity contribution is 1.18. The van der Waals surface area contributed by atoms with E-state index >= 15 is 0 Å². The molecule has 0 saturated heterocycles. The highest BCUT2D eigenvalue weighted by Crippen LogP contribution is 2.39. The Hall–Kier alpha value is -5.41. The number of hydrogen-bond donors (Lipinski definition) is 0. The molecule has 9 rings (SSSR count). The summed E-state index contributed by atoms with van der Waals surface area (Å²) >= 11 is 0. The predicted molar refractivity (Wildman–Crippen MR) is 167 cm³/mol. The van der Waals surface area contributed by atoms with Gasteiger partial charge in [0, 0.05) is 37.9 Å². The molecule has 3 aromatic heterocycles. The summed E-state index contributed by atoms with van der Waals surface area (Å²) in [4.78, 5) is 13.7. The summed E-state index contributed by atoms with van der Waals surface area (Å²) in [5.74, 6) is 0. The van der Waals surface area contributed by atoms with Gasteiger partial charge in [0.05, 0.1) is 27.8 Å². The Morgan fingerprint density at radius 2 is 1.00 bits per heavy atom. The largest absolute Gasteiger partial charge is 0.309 e. The van der Waals surface area contributed by atoms with Gasteiger partial charge in [-0.1, -0.05) is 97.1 Å². The van der Waals surface area contributed by atoms with Gasteiger partial charge in [0.15, 0.2) is 0 Å². The van der Waals surface area contributed by atoms with Crippen molar-refractivity contribution in [2.45, 2.75) is 0 Å². The molecular formula is C37H22N2O. The first-order valence-corrected chi connectivity index (χ1v) is 13.6. The van der Waals surface area contributed by atoms with Crippen molar-refractivity contribution in [2.75, 3.05) is 0 Å². The summed E-state index contributed by atoms with van der Waals surface area (Å²) in [6, 6.07) is 46.7. The van der Waals surface area contributed by atoms with E-state index in [1.165, 1.54) is 21.8 Å². The second-order valence-corrected chi connectivity index (χ2v) is 10.5. The van der Waals surface area contributed by atoms with Crippen molar-refractivity contribution >= 4 is 59.8 Å². The van der Waals surface area contributed by atoms with Crippen molar-refractivity contribution in [1.29, 1.82) is 0 Å². The van der Waals surface area contributed by atoms with Crippen molar-refractivity contribution in [2.24, 2.45) is 0 Å². The van der Waals surface area contributed by atoms with Gasteiger partial charge in [-0.3, -0.25) is 9.20 Å². The molecular weight excluding hydrogens is 488 g/mol. The molecule has 0 radical (unpaired) electrons. The molecule has 0 spiro atoms. The third-order valence-electron chi connectivity index (χ3n) is 8.47. The van der Waals surface area contributed by atoms with Crippen molar-refractivity contribution in [3.8, 4) is 16.8 Å². The Kier molecular flexibility index (Phi) is 4.20. The van der Waals surface area contributed by atoms with Crippen LogP contribution in [0.2, 0.25) is 0 Å². The topological polar surface area (TPSA) is 26.4 Å². The van der Waals surface area contributed by atoms with Gasteiger partial charge in [0.25, 0.3) is 5.56 Å². The lowest BCUT2D eigenvalue weighted by Crippen LogP contribution is -2.12. The van der Waals surface area contributed by atoms with Crippen LogP contribution in [0.15, 0.2) is 138 Å². The van der Waals surface area contributed by atoms with Gasteiger partial charge in [-0.05, 0) is 47.3 Å². The minimum absolute atomic E-state index is 0.0349. The second-order valence-electron chi connectivity index (χ2n) is 10.5. The summed E-state index contributed by atoms with van der Waals surface area (Å²) in [7, 11) is 0. The van der Waals surface area contributed by atoms with E-state index in [-0.39, 0.29) is 5.56 Å². The molecule has 3 nitrogen and oxygen atoms in total. The molecule has 0 atom stereocenters. The standard InChI is InChI=1S/C37H22N2O/c40-37-30-14-2-1-11-25(30)28-15-9-16-29-31-22-23(20-21-35(31)39(37)36(28)29)24-10-3-6-17-32(24)38-33-18-7-4-12-26(33)27-13-5-8-19-34(27)38/h1-22H. The molecule has 40 heavy (non-hydrogen) atoms. The molecule has 0 aliphatic heterocycles. The van der Waals surface area contributed by atoms with E-state index in [1.54, 1.807) is 0 Å². The zero-order valence-corrected chi connectivity index (χ0v) is 21.5. The zero-order valence-electron chi connectivity index (χ0n) is 21.5. The van der Waals surface area contributed by atoms with Gasteiger partial charge in [0.1, 0.15) is 0 Å². The molecule has 9 aromatic rings. The lowest BCUT2D eigenvalue weighted by atomic mass is 10.00. The van der Waals surface area contributed by atoms with Crippen LogP contribution in [0.4, 0.5) is 0 Å². The van der Waals surface area contributed by atoms with Crippen molar-refractivity contribution in [1.82, 2.24) is 8.97 Å². The summed E-state index contributed by atoms with van der Waals surface area (Å²) in [5, 5.41) is 7.55. The van der Waals surface area contributed by atoms with Crippen LogP contribution in [0.5, 0.6) is 0 Å². The minimum Gasteiger partial charge on any atom is -0.309 e. The molecule has 0 bridgehead atoms. The quantitative estimate of drug-likeness (QED) is 0.213. The molecule has 0 saturated carbocycles. The number of para-hydroxylation sites is 4. The van der Waals surface area contributed by atoms with Gasteiger partial charge in [-0.2, -0.15) is 0 Å². The van der Waals surface area contributed by atoms with E-state index in [0.29, 0.717) is 0 Å². The number of hydrogen-bond acceptors (Lipinski definition) is 1. The van der Waals surface area contributed by atoms with Crippen LogP contribution in [0, 0.1) is 0 Å². The predicted octanol–water partition coefficient (Wildman–Crippen LogP) is 8.96. The number of fused-ring (bicyclic) bond motifs is 8. The van der Waals surface area contributed by atoms with E-state index in [9.17, 15) is 4.79 Å². The first-order valence-electron chi connectivity index (χ1n) is 13.6. The second kappa shape index (κ2) is 7.81. The number of nitrogens with zero attached hydrogens (tertiary/aromatic N) is 2. The number of pyridine rings is 1. The van der Waals surface area contributed by atoms with Gasteiger partial charge in [0.2, 0.25) is 0 Å². The van der Waals surface area contributed by atoms with Crippen molar-refractivity contribution in [3.63, 3.8) is 0 Å². The smallest absolute Gasteiger partial charge is 0.263 e. The third kappa shape index (κ3) is 2.71. The van der Waals surface area contributed by atoms with Crippen LogP contribution in [0.25, 0.3) is 76.6 Å². The first kappa shape index (κ1) is 21.5. The molecule has 0 fully saturated rings. The van der Waals surface area contributed by atoms with Crippen LogP contribution < -0.4 is 5.56 Å².